The molecule has 1 atom stereocenters. The molecule has 2 aromatic rings. The maximum absolute atomic E-state index is 9.94. The topological polar surface area (TPSA) is 63.1 Å². The molecule has 5 nitrogen and oxygen atoms in total. The molecule has 2 heterocycles. The van der Waals surface area contributed by atoms with Gasteiger partial charge in [-0.1, -0.05) is 18.2 Å². The minimum absolute atomic E-state index is 0.0745. The Morgan fingerprint density at radius 1 is 1.05 bits per heavy atom. The first kappa shape index (κ1) is 13.0. The summed E-state index contributed by atoms with van der Waals surface area (Å²) in [6.45, 7) is 1.17. The molecule has 0 saturated heterocycles. The monoisotopic (exact) mass is 296 g/mol. The van der Waals surface area contributed by atoms with Crippen molar-refractivity contribution in [2.75, 3.05) is 13.2 Å². The van der Waals surface area contributed by atoms with Crippen molar-refractivity contribution in [1.29, 1.82) is 0 Å². The Balaban J connectivity index is 1.56. The Morgan fingerprint density at radius 3 is 2.73 bits per heavy atom. The Labute approximate surface area is 128 Å². The van der Waals surface area contributed by atoms with Gasteiger partial charge in [-0.2, -0.15) is 5.10 Å². The fraction of sp³-hybridized carbons (Fsp3) is 0.235. The van der Waals surface area contributed by atoms with Crippen LogP contribution in [-0.4, -0.2) is 24.0 Å². The number of nitrogens with one attached hydrogen (secondary N) is 1. The van der Waals surface area contributed by atoms with Gasteiger partial charge in [0.05, 0.1) is 11.8 Å². The summed E-state index contributed by atoms with van der Waals surface area (Å²) in [5.41, 5.74) is 5.86. The van der Waals surface area contributed by atoms with E-state index in [0.29, 0.717) is 13.2 Å². The summed E-state index contributed by atoms with van der Waals surface area (Å²) < 4.78 is 11.2. The SMILES string of the molecule is Oc1ccccc1C1=NN[C@H](c2ccc3c(c2)OCCO3)C1. The van der Waals surface area contributed by atoms with E-state index in [2.05, 4.69) is 10.5 Å². The number of hydrogen-bond acceptors (Lipinski definition) is 5. The van der Waals surface area contributed by atoms with Crippen molar-refractivity contribution in [3.63, 3.8) is 0 Å². The Hall–Kier alpha value is -2.69. The van der Waals surface area contributed by atoms with Crippen molar-refractivity contribution in [2.45, 2.75) is 12.5 Å². The van der Waals surface area contributed by atoms with Gasteiger partial charge >= 0.3 is 0 Å². The first-order valence-electron chi connectivity index (χ1n) is 7.31. The summed E-state index contributed by atoms with van der Waals surface area (Å²) in [5, 5.41) is 14.3. The first-order valence-corrected chi connectivity index (χ1v) is 7.31. The molecular weight excluding hydrogens is 280 g/mol. The van der Waals surface area contributed by atoms with Crippen LogP contribution in [0.2, 0.25) is 0 Å². The molecule has 2 aromatic carbocycles. The van der Waals surface area contributed by atoms with Crippen molar-refractivity contribution in [1.82, 2.24) is 5.43 Å². The molecule has 0 radical (unpaired) electrons. The fourth-order valence-electron chi connectivity index (χ4n) is 2.80. The lowest BCUT2D eigenvalue weighted by molar-refractivity contribution is 0.171. The molecule has 22 heavy (non-hydrogen) atoms. The second-order valence-corrected chi connectivity index (χ2v) is 5.36. The zero-order valence-electron chi connectivity index (χ0n) is 12.0. The van der Waals surface area contributed by atoms with Gasteiger partial charge in [-0.05, 0) is 29.8 Å². The molecule has 2 aliphatic rings. The van der Waals surface area contributed by atoms with E-state index >= 15 is 0 Å². The van der Waals surface area contributed by atoms with Gasteiger partial charge in [0.2, 0.25) is 0 Å². The van der Waals surface area contributed by atoms with Crippen LogP contribution < -0.4 is 14.9 Å². The molecule has 0 amide bonds. The molecule has 112 valence electrons. The number of phenols is 1. The molecular formula is C17H16N2O3. The lowest BCUT2D eigenvalue weighted by Crippen LogP contribution is -2.16. The summed E-state index contributed by atoms with van der Waals surface area (Å²) >= 11 is 0. The number of aromatic hydroxyl groups is 1. The standard InChI is InChI=1S/C17H16N2O3/c20-15-4-2-1-3-12(15)14-10-13(18-19-14)11-5-6-16-17(9-11)22-8-7-21-16/h1-6,9,13,18,20H,7-8,10H2/t13-/m0/s1. The molecule has 2 aliphatic heterocycles. The third-order valence-electron chi connectivity index (χ3n) is 3.94. The molecule has 0 aromatic heterocycles. The van der Waals surface area contributed by atoms with E-state index in [-0.39, 0.29) is 11.8 Å². The second kappa shape index (κ2) is 5.26. The highest BCUT2D eigenvalue weighted by Crippen LogP contribution is 2.35. The number of benzene rings is 2. The van der Waals surface area contributed by atoms with E-state index in [1.807, 2.05) is 30.3 Å². The van der Waals surface area contributed by atoms with Crippen LogP contribution in [0.15, 0.2) is 47.6 Å². The Bertz CT molecular complexity index is 742. The quantitative estimate of drug-likeness (QED) is 0.894. The highest BCUT2D eigenvalue weighted by Gasteiger charge is 2.24. The molecule has 2 N–H and O–H groups in total. The normalized spacial score (nSPS) is 19.5. The summed E-state index contributed by atoms with van der Waals surface area (Å²) in [6, 6.07) is 13.3. The van der Waals surface area contributed by atoms with Crippen LogP contribution in [0.4, 0.5) is 0 Å². The maximum Gasteiger partial charge on any atom is 0.161 e. The maximum atomic E-state index is 9.94. The van der Waals surface area contributed by atoms with Crippen LogP contribution >= 0.6 is 0 Å². The molecule has 5 heteroatoms. The van der Waals surface area contributed by atoms with Crippen molar-refractivity contribution < 1.29 is 14.6 Å². The van der Waals surface area contributed by atoms with Crippen molar-refractivity contribution in [3.8, 4) is 17.2 Å². The molecule has 0 bridgehead atoms. The average molecular weight is 296 g/mol. The third kappa shape index (κ3) is 2.24. The number of ether oxygens (including phenoxy) is 2. The summed E-state index contributed by atoms with van der Waals surface area (Å²) in [7, 11) is 0. The van der Waals surface area contributed by atoms with E-state index in [1.165, 1.54) is 0 Å². The van der Waals surface area contributed by atoms with Gasteiger partial charge < -0.3 is 20.0 Å². The summed E-state index contributed by atoms with van der Waals surface area (Å²) in [4.78, 5) is 0. The van der Waals surface area contributed by atoms with Crippen LogP contribution in [0.1, 0.15) is 23.6 Å². The highest BCUT2D eigenvalue weighted by atomic mass is 16.6. The minimum atomic E-state index is 0.0745. The predicted octanol–water partition coefficient (Wildman–Crippen LogP) is 2.60. The van der Waals surface area contributed by atoms with E-state index in [1.54, 1.807) is 12.1 Å². The van der Waals surface area contributed by atoms with E-state index in [4.69, 9.17) is 9.47 Å². The van der Waals surface area contributed by atoms with Gasteiger partial charge in [-0.15, -0.1) is 0 Å². The van der Waals surface area contributed by atoms with Crippen LogP contribution in [0.25, 0.3) is 0 Å². The van der Waals surface area contributed by atoms with E-state index < -0.39 is 0 Å². The van der Waals surface area contributed by atoms with Crippen molar-refractivity contribution in [2.24, 2.45) is 5.10 Å². The van der Waals surface area contributed by atoms with Crippen LogP contribution in [0, 0.1) is 0 Å². The lowest BCUT2D eigenvalue weighted by Gasteiger charge is -2.20. The molecule has 0 aliphatic carbocycles. The number of para-hydroxylation sites is 1. The van der Waals surface area contributed by atoms with E-state index in [0.717, 1.165) is 34.8 Å². The Morgan fingerprint density at radius 2 is 1.86 bits per heavy atom. The highest BCUT2D eigenvalue weighted by molar-refractivity contribution is 6.03. The van der Waals surface area contributed by atoms with Gasteiger partial charge in [0, 0.05) is 12.0 Å². The average Bonchev–Trinajstić information content (AvgIpc) is 3.04. The largest absolute Gasteiger partial charge is 0.507 e. The molecule has 4 rings (SSSR count). The number of hydrogen-bond donors (Lipinski definition) is 2. The van der Waals surface area contributed by atoms with Gasteiger partial charge in [0.25, 0.3) is 0 Å². The van der Waals surface area contributed by atoms with Crippen molar-refractivity contribution >= 4 is 5.71 Å². The fourth-order valence-corrected chi connectivity index (χ4v) is 2.80. The third-order valence-corrected chi connectivity index (χ3v) is 3.94. The predicted molar refractivity (Wildman–Crippen MR) is 82.6 cm³/mol. The summed E-state index contributed by atoms with van der Waals surface area (Å²) in [6.07, 6.45) is 0.719. The zero-order chi connectivity index (χ0) is 14.9. The molecule has 0 fully saturated rings. The van der Waals surface area contributed by atoms with Crippen LogP contribution in [0.5, 0.6) is 17.2 Å². The lowest BCUT2D eigenvalue weighted by atomic mass is 9.98. The molecule has 0 spiro atoms. The number of phenolic OH excluding ortho intramolecular Hbond substituents is 1. The van der Waals surface area contributed by atoms with Gasteiger partial charge in [0.15, 0.2) is 11.5 Å². The number of rotatable bonds is 2. The van der Waals surface area contributed by atoms with Gasteiger partial charge in [-0.25, -0.2) is 0 Å². The smallest absolute Gasteiger partial charge is 0.161 e. The zero-order valence-corrected chi connectivity index (χ0v) is 12.0. The van der Waals surface area contributed by atoms with Gasteiger partial charge in [-0.3, -0.25) is 0 Å². The van der Waals surface area contributed by atoms with Crippen LogP contribution in [0.3, 0.4) is 0 Å². The van der Waals surface area contributed by atoms with Gasteiger partial charge in [0.1, 0.15) is 19.0 Å². The molecule has 0 saturated carbocycles. The number of nitrogens with zero attached hydrogens (tertiary/aromatic N) is 1. The number of fused-ring (bicyclic) bond motifs is 1. The van der Waals surface area contributed by atoms with Crippen molar-refractivity contribution in [3.05, 3.63) is 53.6 Å². The first-order chi connectivity index (χ1) is 10.8. The minimum Gasteiger partial charge on any atom is -0.507 e. The number of hydrazone groups is 1. The van der Waals surface area contributed by atoms with E-state index in [9.17, 15) is 5.11 Å². The molecule has 0 unspecified atom stereocenters. The van der Waals surface area contributed by atoms with Crippen LogP contribution in [-0.2, 0) is 0 Å². The summed E-state index contributed by atoms with van der Waals surface area (Å²) in [5.74, 6) is 1.82. The Kier molecular flexibility index (Phi) is 3.11. The second-order valence-electron chi connectivity index (χ2n) is 5.36.